The minimum absolute atomic E-state index is 0.0650. The minimum atomic E-state index is -0.733. The maximum Gasteiger partial charge on any atom is 0.306 e. The third-order valence-corrected chi connectivity index (χ3v) is 4.02. The number of carbonyl (C=O) groups excluding carboxylic acids is 1. The second-order valence-corrected chi connectivity index (χ2v) is 5.53. The van der Waals surface area contributed by atoms with Crippen molar-refractivity contribution in [3.8, 4) is 0 Å². The van der Waals surface area contributed by atoms with Gasteiger partial charge in [0.25, 0.3) is 0 Å². The number of carboxylic acids is 1. The van der Waals surface area contributed by atoms with Gasteiger partial charge in [0.2, 0.25) is 5.91 Å². The van der Waals surface area contributed by atoms with E-state index in [2.05, 4.69) is 10.6 Å². The number of aliphatic carboxylic acids is 1. The molecule has 1 heterocycles. The third kappa shape index (κ3) is 3.70. The average Bonchev–Trinajstić information content (AvgIpc) is 2.78. The van der Waals surface area contributed by atoms with Gasteiger partial charge in [0.05, 0.1) is 5.92 Å². The van der Waals surface area contributed by atoms with E-state index in [1.54, 1.807) is 0 Å². The standard InChI is InChI=1S/C13H22N2O3/c16-12(6-9-2-1-5-14-8-9)15-11-4-3-10(7-11)13(17)18/h9-11,14H,1-8H2,(H,15,16)(H,17,18)/t9?,10-,11+/m1/s1. The lowest BCUT2D eigenvalue weighted by Gasteiger charge is -2.23. The van der Waals surface area contributed by atoms with E-state index in [4.69, 9.17) is 5.11 Å². The zero-order chi connectivity index (χ0) is 13.0. The molecule has 0 aromatic rings. The van der Waals surface area contributed by atoms with Crippen LogP contribution in [0.25, 0.3) is 0 Å². The normalized spacial score (nSPS) is 32.1. The lowest BCUT2D eigenvalue weighted by molar-refractivity contribution is -0.141. The number of carbonyl (C=O) groups is 2. The molecule has 0 spiro atoms. The van der Waals surface area contributed by atoms with Gasteiger partial charge < -0.3 is 15.7 Å². The highest BCUT2D eigenvalue weighted by Gasteiger charge is 2.30. The molecule has 0 bridgehead atoms. The van der Waals surface area contributed by atoms with Gasteiger partial charge in [-0.05, 0) is 51.1 Å². The van der Waals surface area contributed by atoms with Crippen LogP contribution in [0.1, 0.15) is 38.5 Å². The number of hydrogen-bond donors (Lipinski definition) is 3. The Balaban J connectivity index is 1.69. The molecule has 0 aromatic heterocycles. The van der Waals surface area contributed by atoms with Crippen molar-refractivity contribution in [3.05, 3.63) is 0 Å². The Bertz CT molecular complexity index is 313. The molecule has 2 aliphatic rings. The Morgan fingerprint density at radius 3 is 2.72 bits per heavy atom. The van der Waals surface area contributed by atoms with Gasteiger partial charge >= 0.3 is 5.97 Å². The Labute approximate surface area is 107 Å². The van der Waals surface area contributed by atoms with Crippen LogP contribution in [0.3, 0.4) is 0 Å². The zero-order valence-electron chi connectivity index (χ0n) is 10.7. The van der Waals surface area contributed by atoms with E-state index < -0.39 is 5.97 Å². The van der Waals surface area contributed by atoms with Crippen molar-refractivity contribution in [2.75, 3.05) is 13.1 Å². The van der Waals surface area contributed by atoms with Crippen LogP contribution in [0.5, 0.6) is 0 Å². The number of carboxylic acid groups (broad SMARTS) is 1. The van der Waals surface area contributed by atoms with Crippen LogP contribution in [-0.2, 0) is 9.59 Å². The molecule has 102 valence electrons. The highest BCUT2D eigenvalue weighted by Crippen LogP contribution is 2.26. The molecule has 0 aromatic carbocycles. The first kappa shape index (κ1) is 13.3. The van der Waals surface area contributed by atoms with Crippen molar-refractivity contribution >= 4 is 11.9 Å². The van der Waals surface area contributed by atoms with Crippen LogP contribution >= 0.6 is 0 Å². The summed E-state index contributed by atoms with van der Waals surface area (Å²) in [6.07, 6.45) is 4.90. The molecule has 5 heteroatoms. The van der Waals surface area contributed by atoms with Crippen molar-refractivity contribution in [2.24, 2.45) is 11.8 Å². The summed E-state index contributed by atoms with van der Waals surface area (Å²) in [5.41, 5.74) is 0. The Hall–Kier alpha value is -1.10. The molecule has 3 atom stereocenters. The molecule has 5 nitrogen and oxygen atoms in total. The molecule has 2 fully saturated rings. The van der Waals surface area contributed by atoms with Crippen LogP contribution in [0.2, 0.25) is 0 Å². The number of rotatable bonds is 4. The average molecular weight is 254 g/mol. The molecule has 1 saturated heterocycles. The van der Waals surface area contributed by atoms with Crippen LogP contribution in [0, 0.1) is 11.8 Å². The SMILES string of the molecule is O=C(CC1CCCNC1)N[C@H]1CC[C@@H](C(=O)O)C1. The molecule has 1 aliphatic heterocycles. The summed E-state index contributed by atoms with van der Waals surface area (Å²) in [6.45, 7) is 1.98. The summed E-state index contributed by atoms with van der Waals surface area (Å²) in [7, 11) is 0. The molecule has 1 aliphatic carbocycles. The Morgan fingerprint density at radius 1 is 1.28 bits per heavy atom. The van der Waals surface area contributed by atoms with Gasteiger partial charge in [-0.15, -0.1) is 0 Å². The number of piperidine rings is 1. The van der Waals surface area contributed by atoms with Gasteiger partial charge in [-0.3, -0.25) is 9.59 Å². The molecule has 18 heavy (non-hydrogen) atoms. The second-order valence-electron chi connectivity index (χ2n) is 5.53. The smallest absolute Gasteiger partial charge is 0.306 e. The van der Waals surface area contributed by atoms with Crippen molar-refractivity contribution in [3.63, 3.8) is 0 Å². The fourth-order valence-corrected chi connectivity index (χ4v) is 2.98. The van der Waals surface area contributed by atoms with Crippen molar-refractivity contribution in [2.45, 2.75) is 44.6 Å². The molecular formula is C13H22N2O3. The molecule has 2 rings (SSSR count). The maximum absolute atomic E-state index is 11.9. The van der Waals surface area contributed by atoms with E-state index in [1.165, 1.54) is 0 Å². The topological polar surface area (TPSA) is 78.4 Å². The van der Waals surface area contributed by atoms with E-state index in [-0.39, 0.29) is 17.9 Å². The van der Waals surface area contributed by atoms with E-state index in [0.717, 1.165) is 32.4 Å². The van der Waals surface area contributed by atoms with Crippen molar-refractivity contribution in [1.82, 2.24) is 10.6 Å². The van der Waals surface area contributed by atoms with Gasteiger partial charge in [0, 0.05) is 12.5 Å². The van der Waals surface area contributed by atoms with Crippen LogP contribution < -0.4 is 10.6 Å². The third-order valence-electron chi connectivity index (χ3n) is 4.02. The van der Waals surface area contributed by atoms with Gasteiger partial charge in [-0.1, -0.05) is 0 Å². The van der Waals surface area contributed by atoms with Crippen molar-refractivity contribution in [1.29, 1.82) is 0 Å². The molecule has 1 unspecified atom stereocenters. The predicted octanol–water partition coefficient (Wildman–Crippen LogP) is 0.746. The lowest BCUT2D eigenvalue weighted by atomic mass is 9.96. The Kier molecular flexibility index (Phi) is 4.58. The molecule has 1 saturated carbocycles. The van der Waals surface area contributed by atoms with Gasteiger partial charge in [-0.25, -0.2) is 0 Å². The summed E-state index contributed by atoms with van der Waals surface area (Å²) in [6, 6.07) is 0.0650. The van der Waals surface area contributed by atoms with Crippen molar-refractivity contribution < 1.29 is 14.7 Å². The fourth-order valence-electron chi connectivity index (χ4n) is 2.98. The largest absolute Gasteiger partial charge is 0.481 e. The van der Waals surface area contributed by atoms with Gasteiger partial charge in [-0.2, -0.15) is 0 Å². The first-order valence-electron chi connectivity index (χ1n) is 6.88. The van der Waals surface area contributed by atoms with E-state index in [9.17, 15) is 9.59 Å². The molecule has 0 radical (unpaired) electrons. The van der Waals surface area contributed by atoms with Crippen LogP contribution in [0.4, 0.5) is 0 Å². The summed E-state index contributed by atoms with van der Waals surface area (Å²) in [4.78, 5) is 22.7. The highest BCUT2D eigenvalue weighted by molar-refractivity contribution is 5.77. The summed E-state index contributed by atoms with van der Waals surface area (Å²) < 4.78 is 0. The summed E-state index contributed by atoms with van der Waals surface area (Å²) in [5, 5.41) is 15.2. The summed E-state index contributed by atoms with van der Waals surface area (Å²) >= 11 is 0. The first-order chi connectivity index (χ1) is 8.65. The maximum atomic E-state index is 11.9. The lowest BCUT2D eigenvalue weighted by Crippen LogP contribution is -2.37. The van der Waals surface area contributed by atoms with Crippen LogP contribution in [0.15, 0.2) is 0 Å². The highest BCUT2D eigenvalue weighted by atomic mass is 16.4. The number of nitrogens with one attached hydrogen (secondary N) is 2. The van der Waals surface area contributed by atoms with Gasteiger partial charge in [0.15, 0.2) is 0 Å². The molecule has 1 amide bonds. The van der Waals surface area contributed by atoms with Crippen LogP contribution in [-0.4, -0.2) is 36.1 Å². The molecule has 3 N–H and O–H groups in total. The summed E-state index contributed by atoms with van der Waals surface area (Å²) in [5.74, 6) is -0.481. The zero-order valence-corrected chi connectivity index (χ0v) is 10.7. The molecular weight excluding hydrogens is 232 g/mol. The number of amides is 1. The quantitative estimate of drug-likeness (QED) is 0.691. The second kappa shape index (κ2) is 6.18. The number of hydrogen-bond acceptors (Lipinski definition) is 3. The minimum Gasteiger partial charge on any atom is -0.481 e. The fraction of sp³-hybridized carbons (Fsp3) is 0.846. The monoisotopic (exact) mass is 254 g/mol. The predicted molar refractivity (Wildman–Crippen MR) is 67.1 cm³/mol. The van der Waals surface area contributed by atoms with E-state index in [0.29, 0.717) is 25.2 Å². The first-order valence-corrected chi connectivity index (χ1v) is 6.88. The van der Waals surface area contributed by atoms with E-state index >= 15 is 0 Å². The van der Waals surface area contributed by atoms with E-state index in [1.807, 2.05) is 0 Å². The Morgan fingerprint density at radius 2 is 2.11 bits per heavy atom. The van der Waals surface area contributed by atoms with Gasteiger partial charge in [0.1, 0.15) is 0 Å².